The van der Waals surface area contributed by atoms with Crippen LogP contribution in [0.2, 0.25) is 0 Å². The first-order valence-electron chi connectivity index (χ1n) is 8.86. The minimum Gasteiger partial charge on any atom is -0.316 e. The van der Waals surface area contributed by atoms with Gasteiger partial charge in [0.15, 0.2) is 0 Å². The summed E-state index contributed by atoms with van der Waals surface area (Å²) in [7, 11) is 0. The van der Waals surface area contributed by atoms with E-state index in [0.717, 1.165) is 36.8 Å². The van der Waals surface area contributed by atoms with Crippen molar-refractivity contribution in [3.8, 4) is 0 Å². The Bertz CT molecular complexity index is 424. The van der Waals surface area contributed by atoms with Crippen LogP contribution in [0.25, 0.3) is 0 Å². The molecular formula is C20H33N. The van der Waals surface area contributed by atoms with Crippen LogP contribution in [0.5, 0.6) is 0 Å². The van der Waals surface area contributed by atoms with E-state index >= 15 is 0 Å². The highest BCUT2D eigenvalue weighted by Crippen LogP contribution is 2.37. The smallest absolute Gasteiger partial charge is 0.00205 e. The lowest BCUT2D eigenvalue weighted by atomic mass is 9.76. The van der Waals surface area contributed by atoms with Crippen molar-refractivity contribution in [3.05, 3.63) is 35.4 Å². The van der Waals surface area contributed by atoms with Crippen LogP contribution in [0.15, 0.2) is 24.3 Å². The molecule has 0 amide bonds. The van der Waals surface area contributed by atoms with E-state index in [9.17, 15) is 0 Å². The molecule has 0 heterocycles. The zero-order valence-corrected chi connectivity index (χ0v) is 14.4. The van der Waals surface area contributed by atoms with Crippen LogP contribution in [-0.4, -0.2) is 13.1 Å². The van der Waals surface area contributed by atoms with E-state index in [-0.39, 0.29) is 0 Å². The van der Waals surface area contributed by atoms with Crippen molar-refractivity contribution < 1.29 is 0 Å². The molecule has 2 rings (SSSR count). The molecule has 1 aromatic rings. The van der Waals surface area contributed by atoms with Gasteiger partial charge in [-0.15, -0.1) is 0 Å². The first-order chi connectivity index (χ1) is 10.1. The molecule has 1 aromatic carbocycles. The highest BCUT2D eigenvalue weighted by molar-refractivity contribution is 5.32. The standard InChI is InChI=1S/C20H33N/c1-15(2)13-21-14-17(4)16(3)12-19-10-7-9-18-8-5-6-11-20(18)19/h5-6,8,11,15-17,19,21H,7,9-10,12-14H2,1-4H3. The second kappa shape index (κ2) is 7.98. The van der Waals surface area contributed by atoms with E-state index in [1.54, 1.807) is 11.1 Å². The maximum Gasteiger partial charge on any atom is -0.00205 e. The molecule has 0 saturated carbocycles. The fraction of sp³-hybridized carbons (Fsp3) is 0.700. The quantitative estimate of drug-likeness (QED) is 0.743. The number of hydrogen-bond acceptors (Lipinski definition) is 1. The SMILES string of the molecule is CC(C)CNCC(C)C(C)CC1CCCc2ccccc21. The molecule has 3 atom stereocenters. The monoisotopic (exact) mass is 287 g/mol. The molecule has 0 aliphatic heterocycles. The molecule has 21 heavy (non-hydrogen) atoms. The summed E-state index contributed by atoms with van der Waals surface area (Å²) in [5.41, 5.74) is 3.24. The Hall–Kier alpha value is -0.820. The zero-order valence-electron chi connectivity index (χ0n) is 14.4. The number of benzene rings is 1. The zero-order chi connectivity index (χ0) is 15.2. The van der Waals surface area contributed by atoms with Gasteiger partial charge in [0.2, 0.25) is 0 Å². The van der Waals surface area contributed by atoms with E-state index in [1.807, 2.05) is 0 Å². The summed E-state index contributed by atoms with van der Waals surface area (Å²) < 4.78 is 0. The summed E-state index contributed by atoms with van der Waals surface area (Å²) in [6, 6.07) is 9.12. The third kappa shape index (κ3) is 4.85. The van der Waals surface area contributed by atoms with Gasteiger partial charge in [-0.05, 0) is 73.6 Å². The van der Waals surface area contributed by atoms with E-state index in [0.29, 0.717) is 0 Å². The summed E-state index contributed by atoms with van der Waals surface area (Å²) >= 11 is 0. The summed E-state index contributed by atoms with van der Waals surface area (Å²) in [4.78, 5) is 0. The van der Waals surface area contributed by atoms with Gasteiger partial charge in [-0.3, -0.25) is 0 Å². The van der Waals surface area contributed by atoms with Crippen molar-refractivity contribution in [1.82, 2.24) is 5.32 Å². The number of hydrogen-bond donors (Lipinski definition) is 1. The third-order valence-electron chi connectivity index (χ3n) is 5.14. The largest absolute Gasteiger partial charge is 0.316 e. The minimum absolute atomic E-state index is 0.748. The molecule has 0 fully saturated rings. The third-order valence-corrected chi connectivity index (χ3v) is 5.14. The molecular weight excluding hydrogens is 254 g/mol. The van der Waals surface area contributed by atoms with E-state index in [2.05, 4.69) is 57.3 Å². The van der Waals surface area contributed by atoms with Gasteiger partial charge in [0.05, 0.1) is 0 Å². The first-order valence-corrected chi connectivity index (χ1v) is 8.86. The first kappa shape index (κ1) is 16.5. The van der Waals surface area contributed by atoms with Gasteiger partial charge in [0.1, 0.15) is 0 Å². The Kier molecular flexibility index (Phi) is 6.29. The second-order valence-electron chi connectivity index (χ2n) is 7.53. The molecule has 118 valence electrons. The van der Waals surface area contributed by atoms with Crippen LogP contribution in [-0.2, 0) is 6.42 Å². The average Bonchev–Trinajstić information content (AvgIpc) is 2.47. The van der Waals surface area contributed by atoms with Crippen molar-refractivity contribution in [2.45, 2.75) is 59.3 Å². The summed E-state index contributed by atoms with van der Waals surface area (Å²) in [6.07, 6.45) is 5.38. The molecule has 3 unspecified atom stereocenters. The molecule has 1 N–H and O–H groups in total. The lowest BCUT2D eigenvalue weighted by Crippen LogP contribution is -2.29. The summed E-state index contributed by atoms with van der Waals surface area (Å²) in [5.74, 6) is 3.09. The average molecular weight is 287 g/mol. The number of fused-ring (bicyclic) bond motifs is 1. The number of nitrogens with one attached hydrogen (secondary N) is 1. The Morgan fingerprint density at radius 2 is 1.81 bits per heavy atom. The molecule has 0 radical (unpaired) electrons. The highest BCUT2D eigenvalue weighted by Gasteiger charge is 2.23. The van der Waals surface area contributed by atoms with Crippen LogP contribution in [0.4, 0.5) is 0 Å². The normalized spacial score (nSPS) is 21.1. The minimum atomic E-state index is 0.748. The summed E-state index contributed by atoms with van der Waals surface area (Å²) in [6.45, 7) is 11.7. The highest BCUT2D eigenvalue weighted by atomic mass is 14.9. The lowest BCUT2D eigenvalue weighted by molar-refractivity contribution is 0.310. The van der Waals surface area contributed by atoms with E-state index in [4.69, 9.17) is 0 Å². The topological polar surface area (TPSA) is 12.0 Å². The van der Waals surface area contributed by atoms with Crippen LogP contribution in [0, 0.1) is 17.8 Å². The predicted molar refractivity (Wildman–Crippen MR) is 92.8 cm³/mol. The van der Waals surface area contributed by atoms with Crippen LogP contribution < -0.4 is 5.32 Å². The fourth-order valence-corrected chi connectivity index (χ4v) is 3.58. The van der Waals surface area contributed by atoms with Gasteiger partial charge in [-0.25, -0.2) is 0 Å². The van der Waals surface area contributed by atoms with Gasteiger partial charge in [-0.2, -0.15) is 0 Å². The molecule has 0 spiro atoms. The fourth-order valence-electron chi connectivity index (χ4n) is 3.58. The molecule has 0 aromatic heterocycles. The maximum atomic E-state index is 3.62. The van der Waals surface area contributed by atoms with Crippen LogP contribution in [0.1, 0.15) is 64.0 Å². The number of rotatable bonds is 7. The molecule has 1 aliphatic rings. The maximum absolute atomic E-state index is 3.62. The molecule has 1 aliphatic carbocycles. The Balaban J connectivity index is 1.87. The van der Waals surface area contributed by atoms with Crippen molar-refractivity contribution in [2.75, 3.05) is 13.1 Å². The number of aryl methyl sites for hydroxylation is 1. The van der Waals surface area contributed by atoms with E-state index in [1.165, 1.54) is 25.7 Å². The van der Waals surface area contributed by atoms with Gasteiger partial charge >= 0.3 is 0 Å². The van der Waals surface area contributed by atoms with E-state index < -0.39 is 0 Å². The van der Waals surface area contributed by atoms with Crippen molar-refractivity contribution >= 4 is 0 Å². The molecule has 0 saturated heterocycles. The molecule has 1 nitrogen and oxygen atoms in total. The van der Waals surface area contributed by atoms with Gasteiger partial charge in [0, 0.05) is 0 Å². The molecule has 0 bridgehead atoms. The van der Waals surface area contributed by atoms with Crippen molar-refractivity contribution in [3.63, 3.8) is 0 Å². The van der Waals surface area contributed by atoms with Crippen LogP contribution in [0.3, 0.4) is 0 Å². The second-order valence-corrected chi connectivity index (χ2v) is 7.53. The Labute approximate surface area is 131 Å². The van der Waals surface area contributed by atoms with Gasteiger partial charge < -0.3 is 5.32 Å². The lowest BCUT2D eigenvalue weighted by Gasteiger charge is -2.30. The Morgan fingerprint density at radius 1 is 1.05 bits per heavy atom. The van der Waals surface area contributed by atoms with Crippen molar-refractivity contribution in [1.29, 1.82) is 0 Å². The predicted octanol–water partition coefficient (Wildman–Crippen LogP) is 5.01. The van der Waals surface area contributed by atoms with Gasteiger partial charge in [-0.1, -0.05) is 52.0 Å². The van der Waals surface area contributed by atoms with Crippen molar-refractivity contribution in [2.24, 2.45) is 17.8 Å². The summed E-state index contributed by atoms with van der Waals surface area (Å²) in [5, 5.41) is 3.62. The Morgan fingerprint density at radius 3 is 2.57 bits per heavy atom. The van der Waals surface area contributed by atoms with Gasteiger partial charge in [0.25, 0.3) is 0 Å². The molecule has 1 heteroatoms. The van der Waals surface area contributed by atoms with Crippen LogP contribution >= 0.6 is 0 Å².